The number of carbonyl (C=O) groups is 1. The van der Waals surface area contributed by atoms with Gasteiger partial charge >= 0.3 is 0 Å². The smallest absolute Gasteiger partial charge is 0.257 e. The number of fused-ring (bicyclic) bond motifs is 1. The van der Waals surface area contributed by atoms with Crippen LogP contribution in [-0.2, 0) is 13.0 Å². The second kappa shape index (κ2) is 7.90. The second-order valence-electron chi connectivity index (χ2n) is 6.67. The average molecular weight is 394 g/mol. The van der Waals surface area contributed by atoms with E-state index in [1.54, 1.807) is 37.7 Å². The van der Waals surface area contributed by atoms with Crippen LogP contribution in [0.25, 0.3) is 0 Å². The van der Waals surface area contributed by atoms with Crippen LogP contribution in [0.15, 0.2) is 60.9 Å². The molecule has 1 aliphatic heterocycles. The van der Waals surface area contributed by atoms with E-state index in [1.165, 1.54) is 11.1 Å². The van der Waals surface area contributed by atoms with E-state index in [-0.39, 0.29) is 5.91 Å². The number of amides is 1. The first-order chi connectivity index (χ1) is 13.6. The number of carbonyl (C=O) groups excluding carboxylic acids is 1. The summed E-state index contributed by atoms with van der Waals surface area (Å²) in [4.78, 5) is 19.3. The maximum absolute atomic E-state index is 12.8. The van der Waals surface area contributed by atoms with Crippen LogP contribution in [0.2, 0.25) is 5.02 Å². The minimum Gasteiger partial charge on any atom is -0.495 e. The number of benzene rings is 2. The molecule has 1 aliphatic rings. The molecule has 0 saturated heterocycles. The number of aromatic nitrogens is 1. The van der Waals surface area contributed by atoms with Crippen molar-refractivity contribution in [2.45, 2.75) is 13.0 Å². The minimum absolute atomic E-state index is 0.257. The minimum atomic E-state index is -0.257. The lowest BCUT2D eigenvalue weighted by Crippen LogP contribution is -2.30. The molecule has 0 spiro atoms. The summed E-state index contributed by atoms with van der Waals surface area (Å²) in [7, 11) is 1.55. The van der Waals surface area contributed by atoms with Crippen LogP contribution >= 0.6 is 11.6 Å². The molecule has 0 saturated carbocycles. The summed E-state index contributed by atoms with van der Waals surface area (Å²) in [6, 6.07) is 15.4. The number of nitrogens with one attached hydrogen (secondary N) is 1. The zero-order valence-corrected chi connectivity index (χ0v) is 16.2. The summed E-state index contributed by atoms with van der Waals surface area (Å²) in [5.41, 5.74) is 4.64. The van der Waals surface area contributed by atoms with Crippen LogP contribution in [0, 0.1) is 0 Å². The Morgan fingerprint density at radius 1 is 1.14 bits per heavy atom. The van der Waals surface area contributed by atoms with Gasteiger partial charge in [-0.1, -0.05) is 35.9 Å². The van der Waals surface area contributed by atoms with Crippen molar-refractivity contribution in [2.75, 3.05) is 23.9 Å². The molecule has 2 heterocycles. The van der Waals surface area contributed by atoms with Crippen molar-refractivity contribution >= 4 is 28.9 Å². The lowest BCUT2D eigenvalue weighted by Gasteiger charge is -2.30. The number of methoxy groups -OCH3 is 1. The maximum Gasteiger partial charge on any atom is 0.257 e. The Balaban J connectivity index is 1.54. The Hall–Kier alpha value is -3.05. The standard InChI is InChI=1S/C22H20ClN3O2/c1-28-21-7-6-18(23)11-20(21)25-22(27)17-10-19(13-24-12-17)26-9-8-15-4-2-3-5-16(15)14-26/h2-7,10-13H,8-9,14H2,1H3,(H,25,27). The van der Waals surface area contributed by atoms with Gasteiger partial charge in [0.15, 0.2) is 0 Å². The van der Waals surface area contributed by atoms with Crippen LogP contribution in [0.5, 0.6) is 5.75 Å². The highest BCUT2D eigenvalue weighted by molar-refractivity contribution is 6.31. The highest BCUT2D eigenvalue weighted by Crippen LogP contribution is 2.29. The van der Waals surface area contributed by atoms with Crippen LogP contribution in [0.3, 0.4) is 0 Å². The first kappa shape index (κ1) is 18.3. The van der Waals surface area contributed by atoms with Gasteiger partial charge in [-0.25, -0.2) is 0 Å². The third-order valence-corrected chi connectivity index (χ3v) is 5.13. The lowest BCUT2D eigenvalue weighted by molar-refractivity contribution is 0.102. The molecule has 1 amide bonds. The number of hydrogen-bond donors (Lipinski definition) is 1. The molecule has 0 radical (unpaired) electrons. The summed E-state index contributed by atoms with van der Waals surface area (Å²) >= 11 is 6.05. The molecule has 6 heteroatoms. The molecule has 142 valence electrons. The highest BCUT2D eigenvalue weighted by atomic mass is 35.5. The van der Waals surface area contributed by atoms with Gasteiger partial charge in [-0.3, -0.25) is 9.78 Å². The Morgan fingerprint density at radius 3 is 2.79 bits per heavy atom. The van der Waals surface area contributed by atoms with E-state index >= 15 is 0 Å². The number of hydrogen-bond acceptors (Lipinski definition) is 4. The van der Waals surface area contributed by atoms with Gasteiger partial charge in [0, 0.05) is 24.3 Å². The van der Waals surface area contributed by atoms with Gasteiger partial charge in [0.2, 0.25) is 0 Å². The van der Waals surface area contributed by atoms with Gasteiger partial charge in [0.25, 0.3) is 5.91 Å². The van der Waals surface area contributed by atoms with Crippen LogP contribution in [-0.4, -0.2) is 24.5 Å². The van der Waals surface area contributed by atoms with E-state index in [0.29, 0.717) is 22.0 Å². The number of halogens is 1. The topological polar surface area (TPSA) is 54.5 Å². The monoisotopic (exact) mass is 393 g/mol. The van der Waals surface area contributed by atoms with Gasteiger partial charge in [0.05, 0.1) is 30.2 Å². The fourth-order valence-corrected chi connectivity index (χ4v) is 3.59. The van der Waals surface area contributed by atoms with E-state index in [2.05, 4.69) is 39.5 Å². The molecule has 0 atom stereocenters. The first-order valence-electron chi connectivity index (χ1n) is 9.06. The fourth-order valence-electron chi connectivity index (χ4n) is 3.41. The van der Waals surface area contributed by atoms with E-state index < -0.39 is 0 Å². The van der Waals surface area contributed by atoms with Crippen LogP contribution in [0.1, 0.15) is 21.5 Å². The molecule has 1 aromatic heterocycles. The van der Waals surface area contributed by atoms with Crippen molar-refractivity contribution in [3.63, 3.8) is 0 Å². The van der Waals surface area contributed by atoms with Gasteiger partial charge in [-0.2, -0.15) is 0 Å². The van der Waals surface area contributed by atoms with E-state index in [0.717, 1.165) is 25.2 Å². The van der Waals surface area contributed by atoms with Crippen molar-refractivity contribution in [1.82, 2.24) is 4.98 Å². The highest BCUT2D eigenvalue weighted by Gasteiger charge is 2.18. The molecule has 4 rings (SSSR count). The van der Waals surface area contributed by atoms with Crippen molar-refractivity contribution in [3.05, 3.63) is 82.6 Å². The van der Waals surface area contributed by atoms with Crippen molar-refractivity contribution < 1.29 is 9.53 Å². The van der Waals surface area contributed by atoms with Gasteiger partial charge in [-0.05, 0) is 41.8 Å². The van der Waals surface area contributed by atoms with Gasteiger partial charge in [0.1, 0.15) is 5.75 Å². The molecule has 28 heavy (non-hydrogen) atoms. The van der Waals surface area contributed by atoms with Crippen molar-refractivity contribution in [2.24, 2.45) is 0 Å². The molecule has 0 fully saturated rings. The third kappa shape index (κ3) is 3.80. The number of rotatable bonds is 4. The van der Waals surface area contributed by atoms with Crippen LogP contribution in [0.4, 0.5) is 11.4 Å². The predicted octanol–water partition coefficient (Wildman–Crippen LogP) is 4.56. The number of anilines is 2. The average Bonchev–Trinajstić information content (AvgIpc) is 2.73. The zero-order valence-electron chi connectivity index (χ0n) is 15.5. The maximum atomic E-state index is 12.8. The Kier molecular flexibility index (Phi) is 5.17. The van der Waals surface area contributed by atoms with Crippen molar-refractivity contribution in [1.29, 1.82) is 0 Å². The predicted molar refractivity (Wildman–Crippen MR) is 111 cm³/mol. The number of nitrogens with zero attached hydrogens (tertiary/aromatic N) is 2. The molecule has 5 nitrogen and oxygen atoms in total. The first-order valence-corrected chi connectivity index (χ1v) is 9.43. The van der Waals surface area contributed by atoms with Crippen molar-refractivity contribution in [3.8, 4) is 5.75 Å². The summed E-state index contributed by atoms with van der Waals surface area (Å²) in [6.45, 7) is 1.71. The molecule has 0 aliphatic carbocycles. The summed E-state index contributed by atoms with van der Waals surface area (Å²) in [5, 5.41) is 3.38. The molecule has 2 aromatic carbocycles. The van der Waals surface area contributed by atoms with E-state index in [9.17, 15) is 4.79 Å². The quantitative estimate of drug-likeness (QED) is 0.706. The number of pyridine rings is 1. The van der Waals surface area contributed by atoms with Gasteiger partial charge in [-0.15, -0.1) is 0 Å². The Morgan fingerprint density at radius 2 is 1.96 bits per heavy atom. The zero-order chi connectivity index (χ0) is 19.5. The Labute approximate surface area is 168 Å². The molecule has 1 N–H and O–H groups in total. The molecular formula is C22H20ClN3O2. The normalized spacial score (nSPS) is 13.0. The molecular weight excluding hydrogens is 374 g/mol. The third-order valence-electron chi connectivity index (χ3n) is 4.89. The summed E-state index contributed by atoms with van der Waals surface area (Å²) in [6.07, 6.45) is 4.34. The molecule has 0 bridgehead atoms. The fraction of sp³-hybridized carbons (Fsp3) is 0.182. The SMILES string of the molecule is COc1ccc(Cl)cc1NC(=O)c1cncc(N2CCc3ccccc3C2)c1. The summed E-state index contributed by atoms with van der Waals surface area (Å²) < 4.78 is 5.29. The largest absolute Gasteiger partial charge is 0.495 e. The van der Waals surface area contributed by atoms with E-state index in [4.69, 9.17) is 16.3 Å². The van der Waals surface area contributed by atoms with Gasteiger partial charge < -0.3 is 15.0 Å². The lowest BCUT2D eigenvalue weighted by atomic mass is 9.99. The number of ether oxygens (including phenoxy) is 1. The van der Waals surface area contributed by atoms with E-state index in [1.807, 2.05) is 6.07 Å². The van der Waals surface area contributed by atoms with Crippen LogP contribution < -0.4 is 15.0 Å². The molecule has 3 aromatic rings. The summed E-state index contributed by atoms with van der Waals surface area (Å²) in [5.74, 6) is 0.293. The molecule has 0 unspecified atom stereocenters. The second-order valence-corrected chi connectivity index (χ2v) is 7.11. The Bertz CT molecular complexity index is 1020.